The van der Waals surface area contributed by atoms with E-state index in [4.69, 9.17) is 11.5 Å². The van der Waals surface area contributed by atoms with E-state index in [1.54, 1.807) is 5.38 Å². The zero-order chi connectivity index (χ0) is 17.3. The zero-order valence-electron chi connectivity index (χ0n) is 13.5. The molecule has 7 nitrogen and oxygen atoms in total. The number of para-hydroxylation sites is 1. The molecule has 0 aliphatic carbocycles. The number of rotatable bonds is 4. The maximum atomic E-state index is 12.3. The Morgan fingerprint density at radius 3 is 2.72 bits per heavy atom. The Morgan fingerprint density at radius 2 is 2.04 bits per heavy atom. The van der Waals surface area contributed by atoms with Crippen molar-refractivity contribution in [3.05, 3.63) is 34.8 Å². The number of guanidine groups is 1. The van der Waals surface area contributed by atoms with E-state index >= 15 is 0 Å². The molecule has 3 rings (SSSR count). The van der Waals surface area contributed by atoms with Crippen LogP contribution in [0, 0.1) is 0 Å². The monoisotopic (exact) mass is 396 g/mol. The van der Waals surface area contributed by atoms with Gasteiger partial charge in [-0.2, -0.15) is 4.99 Å². The quantitative estimate of drug-likeness (QED) is 0.460. The molecule has 2 aromatic heterocycles. The van der Waals surface area contributed by atoms with E-state index in [0.29, 0.717) is 16.2 Å². The number of hydrogen-bond donors (Lipinski definition) is 3. The second-order valence-electron chi connectivity index (χ2n) is 5.37. The van der Waals surface area contributed by atoms with Gasteiger partial charge in [0.05, 0.1) is 10.2 Å². The van der Waals surface area contributed by atoms with Gasteiger partial charge < -0.3 is 11.5 Å². The molecule has 0 spiro atoms. The molecular formula is C15H17ClN6OS2. The first-order chi connectivity index (χ1) is 11.4. The largest absolute Gasteiger partial charge is 0.370 e. The minimum Gasteiger partial charge on any atom is -0.370 e. The first-order valence-electron chi connectivity index (χ1n) is 7.20. The first-order valence-corrected chi connectivity index (χ1v) is 8.89. The van der Waals surface area contributed by atoms with Gasteiger partial charge in [0.2, 0.25) is 5.13 Å². The van der Waals surface area contributed by atoms with Crippen molar-refractivity contribution >= 4 is 67.4 Å². The second-order valence-corrected chi connectivity index (χ2v) is 7.24. The molecule has 0 aliphatic rings. The Labute approximate surface area is 158 Å². The topological polar surface area (TPSA) is 119 Å². The van der Waals surface area contributed by atoms with Gasteiger partial charge in [0.1, 0.15) is 5.69 Å². The van der Waals surface area contributed by atoms with E-state index in [-0.39, 0.29) is 30.0 Å². The third-order valence-electron chi connectivity index (χ3n) is 3.24. The normalized spacial score (nSPS) is 10.5. The zero-order valence-corrected chi connectivity index (χ0v) is 16.0. The number of benzene rings is 1. The number of nitrogens with two attached hydrogens (primary N) is 2. The summed E-state index contributed by atoms with van der Waals surface area (Å²) in [6.07, 6.45) is 0. The van der Waals surface area contributed by atoms with E-state index in [9.17, 15) is 4.79 Å². The highest BCUT2D eigenvalue weighted by atomic mass is 35.5. The van der Waals surface area contributed by atoms with Crippen LogP contribution in [0.15, 0.2) is 28.6 Å². The smallest absolute Gasteiger partial charge is 0.276 e. The van der Waals surface area contributed by atoms with Crippen LogP contribution in [0.1, 0.15) is 35.8 Å². The van der Waals surface area contributed by atoms with Gasteiger partial charge in [-0.05, 0) is 17.5 Å². The number of hydrogen-bond acceptors (Lipinski definition) is 6. The highest BCUT2D eigenvalue weighted by molar-refractivity contribution is 7.22. The average Bonchev–Trinajstić information content (AvgIpc) is 3.11. The maximum absolute atomic E-state index is 12.3. The Bertz CT molecular complexity index is 929. The van der Waals surface area contributed by atoms with Crippen LogP contribution in [0.5, 0.6) is 0 Å². The van der Waals surface area contributed by atoms with Crippen LogP contribution >= 0.6 is 35.1 Å². The molecular weight excluding hydrogens is 380 g/mol. The van der Waals surface area contributed by atoms with Crippen molar-refractivity contribution < 1.29 is 4.79 Å². The van der Waals surface area contributed by atoms with Crippen molar-refractivity contribution in [3.8, 4) is 0 Å². The fraction of sp³-hybridized carbons (Fsp3) is 0.200. The molecule has 0 unspecified atom stereocenters. The van der Waals surface area contributed by atoms with E-state index < -0.39 is 0 Å². The van der Waals surface area contributed by atoms with Gasteiger partial charge in [-0.25, -0.2) is 9.97 Å². The summed E-state index contributed by atoms with van der Waals surface area (Å²) in [7, 11) is 0. The molecule has 10 heteroatoms. The van der Waals surface area contributed by atoms with Crippen molar-refractivity contribution in [3.63, 3.8) is 0 Å². The number of halogens is 1. The molecule has 0 atom stereocenters. The summed E-state index contributed by atoms with van der Waals surface area (Å²) in [5.41, 5.74) is 12.9. The van der Waals surface area contributed by atoms with Gasteiger partial charge in [-0.15, -0.1) is 23.7 Å². The van der Waals surface area contributed by atoms with Crippen LogP contribution in [0.2, 0.25) is 0 Å². The number of amides is 1. The Balaban J connectivity index is 0.00000225. The van der Waals surface area contributed by atoms with Gasteiger partial charge >= 0.3 is 0 Å². The van der Waals surface area contributed by atoms with Crippen LogP contribution in [-0.2, 0) is 0 Å². The molecule has 0 saturated heterocycles. The van der Waals surface area contributed by atoms with Gasteiger partial charge in [0.15, 0.2) is 11.1 Å². The highest BCUT2D eigenvalue weighted by Gasteiger charge is 2.15. The Morgan fingerprint density at radius 1 is 1.28 bits per heavy atom. The number of aliphatic imine (C=N–C) groups is 1. The fourth-order valence-electron chi connectivity index (χ4n) is 2.18. The number of carbonyl (C=O) groups excluding carboxylic acids is 1. The number of nitrogens with one attached hydrogen (secondary N) is 1. The number of nitrogens with zero attached hydrogens (tertiary/aromatic N) is 3. The SMILES string of the molecule is CC(C)c1cccc2sc(NC(=O)c3csc(N=C(N)N)n3)nc12.Cl. The number of aromatic nitrogens is 2. The lowest BCUT2D eigenvalue weighted by Crippen LogP contribution is -2.21. The van der Waals surface area contributed by atoms with Crippen LogP contribution in [0.25, 0.3) is 10.2 Å². The number of fused-ring (bicyclic) bond motifs is 1. The maximum Gasteiger partial charge on any atom is 0.276 e. The van der Waals surface area contributed by atoms with Gasteiger partial charge in [0.25, 0.3) is 5.91 Å². The standard InChI is InChI=1S/C15H16N6OS2.ClH/c1-7(2)8-4-3-5-10-11(8)19-15(24-10)20-12(22)9-6-23-14(18-9)21-13(16)17;/h3-7H,1-2H3,(H,19,20,22)(H4,16,17,18,21);1H. The predicted octanol–water partition coefficient (Wildman–Crippen LogP) is 3.46. The summed E-state index contributed by atoms with van der Waals surface area (Å²) < 4.78 is 1.04. The lowest BCUT2D eigenvalue weighted by atomic mass is 10.0. The third-order valence-corrected chi connectivity index (χ3v) is 4.91. The minimum absolute atomic E-state index is 0. The van der Waals surface area contributed by atoms with Crippen LogP contribution in [0.3, 0.4) is 0 Å². The van der Waals surface area contributed by atoms with Crippen molar-refractivity contribution in [2.75, 3.05) is 5.32 Å². The molecule has 1 aromatic carbocycles. The molecule has 0 aliphatic heterocycles. The van der Waals surface area contributed by atoms with Gasteiger partial charge in [-0.3, -0.25) is 10.1 Å². The lowest BCUT2D eigenvalue weighted by molar-refractivity contribution is 0.102. The van der Waals surface area contributed by atoms with E-state index in [1.165, 1.54) is 22.7 Å². The molecule has 2 heterocycles. The number of carbonyl (C=O) groups is 1. The molecule has 0 saturated carbocycles. The molecule has 1 amide bonds. The van der Waals surface area contributed by atoms with Gasteiger partial charge in [0, 0.05) is 5.38 Å². The summed E-state index contributed by atoms with van der Waals surface area (Å²) in [4.78, 5) is 24.8. The molecule has 25 heavy (non-hydrogen) atoms. The molecule has 5 N–H and O–H groups in total. The number of thiazole rings is 2. The van der Waals surface area contributed by atoms with E-state index in [0.717, 1.165) is 15.8 Å². The first kappa shape index (κ1) is 19.1. The summed E-state index contributed by atoms with van der Waals surface area (Å²) in [6, 6.07) is 6.05. The van der Waals surface area contributed by atoms with Crippen molar-refractivity contribution in [1.29, 1.82) is 0 Å². The van der Waals surface area contributed by atoms with Crippen LogP contribution in [0.4, 0.5) is 10.3 Å². The van der Waals surface area contributed by atoms with E-state index in [2.05, 4.69) is 40.2 Å². The fourth-order valence-corrected chi connectivity index (χ4v) is 3.76. The van der Waals surface area contributed by atoms with Crippen molar-refractivity contribution in [2.24, 2.45) is 16.5 Å². The minimum atomic E-state index is -0.339. The number of anilines is 1. The average molecular weight is 397 g/mol. The summed E-state index contributed by atoms with van der Waals surface area (Å²) in [6.45, 7) is 4.24. The van der Waals surface area contributed by atoms with Crippen molar-refractivity contribution in [2.45, 2.75) is 19.8 Å². The third kappa shape index (κ3) is 4.25. The van der Waals surface area contributed by atoms with Crippen molar-refractivity contribution in [1.82, 2.24) is 9.97 Å². The molecule has 0 bridgehead atoms. The Hall–Kier alpha value is -2.23. The lowest BCUT2D eigenvalue weighted by Gasteiger charge is -2.04. The summed E-state index contributed by atoms with van der Waals surface area (Å²) >= 11 is 2.63. The molecule has 0 radical (unpaired) electrons. The Kier molecular flexibility index (Phi) is 5.93. The highest BCUT2D eigenvalue weighted by Crippen LogP contribution is 2.32. The van der Waals surface area contributed by atoms with E-state index in [1.807, 2.05) is 12.1 Å². The molecule has 0 fully saturated rings. The second kappa shape index (κ2) is 7.77. The van der Waals surface area contributed by atoms with Crippen LogP contribution < -0.4 is 16.8 Å². The summed E-state index contributed by atoms with van der Waals surface area (Å²) in [5, 5.41) is 5.26. The summed E-state index contributed by atoms with van der Waals surface area (Å²) in [5.74, 6) is -0.0721. The predicted molar refractivity (Wildman–Crippen MR) is 106 cm³/mol. The van der Waals surface area contributed by atoms with Crippen LogP contribution in [-0.4, -0.2) is 21.8 Å². The molecule has 3 aromatic rings. The molecule has 132 valence electrons. The van der Waals surface area contributed by atoms with Gasteiger partial charge in [-0.1, -0.05) is 37.3 Å².